The van der Waals surface area contributed by atoms with Crippen molar-refractivity contribution in [2.75, 3.05) is 84.9 Å². The van der Waals surface area contributed by atoms with Crippen LogP contribution in [-0.4, -0.2) is 95.7 Å². The standard InChI is InChI=1S/C15H29NO6S/c17-15(1-14-23)16-2-4-18-6-8-20-10-12-22-13-11-21-9-7-19-5-3-16/h23H,1-14H2. The summed E-state index contributed by atoms with van der Waals surface area (Å²) in [4.78, 5) is 13.8. The molecule has 0 aliphatic carbocycles. The van der Waals surface area contributed by atoms with E-state index in [2.05, 4.69) is 12.6 Å². The van der Waals surface area contributed by atoms with Crippen molar-refractivity contribution in [2.45, 2.75) is 6.42 Å². The van der Waals surface area contributed by atoms with Gasteiger partial charge in [0.15, 0.2) is 0 Å². The van der Waals surface area contributed by atoms with Gasteiger partial charge in [0.05, 0.1) is 66.1 Å². The largest absolute Gasteiger partial charge is 0.377 e. The van der Waals surface area contributed by atoms with Crippen LogP contribution < -0.4 is 0 Å². The van der Waals surface area contributed by atoms with Gasteiger partial charge in [0.25, 0.3) is 0 Å². The molecule has 1 fully saturated rings. The molecule has 0 aromatic carbocycles. The summed E-state index contributed by atoms with van der Waals surface area (Å²) in [6.45, 7) is 6.31. The number of hydrogen-bond donors (Lipinski definition) is 1. The fourth-order valence-corrected chi connectivity index (χ4v) is 2.14. The molecular weight excluding hydrogens is 322 g/mol. The highest BCUT2D eigenvalue weighted by Crippen LogP contribution is 1.97. The molecule has 136 valence electrons. The summed E-state index contributed by atoms with van der Waals surface area (Å²) in [6, 6.07) is 0. The van der Waals surface area contributed by atoms with Crippen molar-refractivity contribution in [2.24, 2.45) is 0 Å². The Kier molecular flexibility index (Phi) is 13.6. The average Bonchev–Trinajstić information content (AvgIpc) is 2.55. The number of amides is 1. The van der Waals surface area contributed by atoms with E-state index in [4.69, 9.17) is 23.7 Å². The lowest BCUT2D eigenvalue weighted by atomic mass is 10.3. The van der Waals surface area contributed by atoms with Crippen LogP contribution in [0.25, 0.3) is 0 Å². The summed E-state index contributed by atoms with van der Waals surface area (Å²) < 4.78 is 27.1. The van der Waals surface area contributed by atoms with Crippen LogP contribution >= 0.6 is 12.6 Å². The van der Waals surface area contributed by atoms with E-state index in [0.717, 1.165) is 0 Å². The molecule has 0 atom stereocenters. The second kappa shape index (κ2) is 15.2. The van der Waals surface area contributed by atoms with Gasteiger partial charge >= 0.3 is 0 Å². The number of thiol groups is 1. The predicted molar refractivity (Wildman–Crippen MR) is 89.1 cm³/mol. The van der Waals surface area contributed by atoms with Crippen LogP contribution in [0.5, 0.6) is 0 Å². The first-order valence-electron chi connectivity index (χ1n) is 8.12. The molecule has 8 heteroatoms. The Labute approximate surface area is 143 Å². The molecule has 1 rings (SSSR count). The Bertz CT molecular complexity index is 277. The fraction of sp³-hybridized carbons (Fsp3) is 0.933. The monoisotopic (exact) mass is 351 g/mol. The third-order valence-corrected chi connectivity index (χ3v) is 3.40. The zero-order valence-corrected chi connectivity index (χ0v) is 14.6. The molecule has 1 amide bonds. The van der Waals surface area contributed by atoms with Crippen molar-refractivity contribution in [3.8, 4) is 0 Å². The minimum absolute atomic E-state index is 0.0752. The first-order valence-corrected chi connectivity index (χ1v) is 8.75. The van der Waals surface area contributed by atoms with Crippen LogP contribution in [0.3, 0.4) is 0 Å². The van der Waals surface area contributed by atoms with Crippen molar-refractivity contribution < 1.29 is 28.5 Å². The number of nitrogens with zero attached hydrogens (tertiary/aromatic N) is 1. The molecule has 0 bridgehead atoms. The summed E-state index contributed by atoms with van der Waals surface area (Å²) in [7, 11) is 0. The maximum absolute atomic E-state index is 12.0. The average molecular weight is 351 g/mol. The van der Waals surface area contributed by atoms with Gasteiger partial charge in [-0.15, -0.1) is 0 Å². The maximum Gasteiger partial charge on any atom is 0.223 e. The third kappa shape index (κ3) is 11.7. The molecule has 0 saturated carbocycles. The van der Waals surface area contributed by atoms with Crippen molar-refractivity contribution in [3.05, 3.63) is 0 Å². The smallest absolute Gasteiger partial charge is 0.223 e. The van der Waals surface area contributed by atoms with Crippen LogP contribution in [0.15, 0.2) is 0 Å². The molecule has 0 unspecified atom stereocenters. The molecule has 7 nitrogen and oxygen atoms in total. The molecule has 0 aromatic heterocycles. The maximum atomic E-state index is 12.0. The van der Waals surface area contributed by atoms with Gasteiger partial charge in [-0.05, 0) is 5.75 Å². The van der Waals surface area contributed by atoms with Gasteiger partial charge in [-0.25, -0.2) is 0 Å². The summed E-state index contributed by atoms with van der Waals surface area (Å²) in [5.74, 6) is 0.618. The molecule has 1 aliphatic heterocycles. The molecule has 23 heavy (non-hydrogen) atoms. The molecule has 1 heterocycles. The van der Waals surface area contributed by atoms with E-state index in [0.29, 0.717) is 91.3 Å². The lowest BCUT2D eigenvalue weighted by Gasteiger charge is -2.22. The highest BCUT2D eigenvalue weighted by Gasteiger charge is 2.12. The van der Waals surface area contributed by atoms with E-state index >= 15 is 0 Å². The van der Waals surface area contributed by atoms with Gasteiger partial charge in [0.2, 0.25) is 5.91 Å². The summed E-state index contributed by atoms with van der Waals surface area (Å²) >= 11 is 4.11. The van der Waals surface area contributed by atoms with Crippen LogP contribution in [0, 0.1) is 0 Å². The van der Waals surface area contributed by atoms with E-state index in [-0.39, 0.29) is 5.91 Å². The van der Waals surface area contributed by atoms with E-state index in [1.54, 1.807) is 4.90 Å². The lowest BCUT2D eigenvalue weighted by molar-refractivity contribution is -0.132. The van der Waals surface area contributed by atoms with E-state index in [1.165, 1.54) is 0 Å². The van der Waals surface area contributed by atoms with Gasteiger partial charge in [-0.1, -0.05) is 0 Å². The minimum atomic E-state index is 0.0752. The van der Waals surface area contributed by atoms with Crippen molar-refractivity contribution in [1.82, 2.24) is 4.90 Å². The molecule has 1 aliphatic rings. The van der Waals surface area contributed by atoms with Gasteiger partial charge in [0, 0.05) is 19.5 Å². The van der Waals surface area contributed by atoms with Crippen molar-refractivity contribution in [1.29, 1.82) is 0 Å². The van der Waals surface area contributed by atoms with E-state index in [1.807, 2.05) is 0 Å². The lowest BCUT2D eigenvalue weighted by Crippen LogP contribution is -2.37. The van der Waals surface area contributed by atoms with E-state index < -0.39 is 0 Å². The minimum Gasteiger partial charge on any atom is -0.377 e. The molecule has 1 saturated heterocycles. The second-order valence-electron chi connectivity index (χ2n) is 4.92. The number of carbonyl (C=O) groups excluding carboxylic acids is 1. The SMILES string of the molecule is O=C(CCS)N1CCOCCOCCOCCOCCOCC1. The Balaban J connectivity index is 2.31. The van der Waals surface area contributed by atoms with Crippen LogP contribution in [0.2, 0.25) is 0 Å². The van der Waals surface area contributed by atoms with Crippen LogP contribution in [0.4, 0.5) is 0 Å². The fourth-order valence-electron chi connectivity index (χ4n) is 1.95. The predicted octanol–water partition coefficient (Wildman–Crippen LogP) is 0.232. The first kappa shape index (κ1) is 20.7. The Morgan fingerprint density at radius 3 is 1.39 bits per heavy atom. The van der Waals surface area contributed by atoms with Crippen molar-refractivity contribution in [3.63, 3.8) is 0 Å². The van der Waals surface area contributed by atoms with Gasteiger partial charge in [0.1, 0.15) is 0 Å². The van der Waals surface area contributed by atoms with Crippen molar-refractivity contribution >= 4 is 18.5 Å². The summed E-state index contributed by atoms with van der Waals surface area (Å²) in [6.07, 6.45) is 0.426. The molecule has 0 spiro atoms. The Morgan fingerprint density at radius 1 is 0.696 bits per heavy atom. The van der Waals surface area contributed by atoms with Crippen LogP contribution in [0.1, 0.15) is 6.42 Å². The number of rotatable bonds is 2. The van der Waals surface area contributed by atoms with Gasteiger partial charge in [-0.2, -0.15) is 12.6 Å². The first-order chi connectivity index (χ1) is 11.3. The van der Waals surface area contributed by atoms with Gasteiger partial charge in [-0.3, -0.25) is 4.79 Å². The molecule has 0 aromatic rings. The highest BCUT2D eigenvalue weighted by molar-refractivity contribution is 7.80. The van der Waals surface area contributed by atoms with E-state index in [9.17, 15) is 4.79 Å². The van der Waals surface area contributed by atoms with Gasteiger partial charge < -0.3 is 28.6 Å². The number of hydrogen-bond acceptors (Lipinski definition) is 7. The highest BCUT2D eigenvalue weighted by atomic mass is 32.1. The Morgan fingerprint density at radius 2 is 1.04 bits per heavy atom. The molecular formula is C15H29NO6S. The second-order valence-corrected chi connectivity index (χ2v) is 5.36. The zero-order chi connectivity index (χ0) is 16.6. The number of ether oxygens (including phenoxy) is 5. The third-order valence-electron chi connectivity index (χ3n) is 3.18. The summed E-state index contributed by atoms with van der Waals surface area (Å²) in [5, 5.41) is 0. The quantitative estimate of drug-likeness (QED) is 0.719. The Hall–Kier alpha value is -0.380. The van der Waals surface area contributed by atoms with Crippen LogP contribution in [-0.2, 0) is 28.5 Å². The molecule has 0 radical (unpaired) electrons. The molecule has 0 N–H and O–H groups in total. The zero-order valence-electron chi connectivity index (χ0n) is 13.7. The number of carbonyl (C=O) groups is 1. The topological polar surface area (TPSA) is 66.5 Å². The summed E-state index contributed by atoms with van der Waals surface area (Å²) in [5.41, 5.74) is 0. The normalized spacial score (nSPS) is 21.3.